The number of ether oxygens (including phenoxy) is 2. The van der Waals surface area contributed by atoms with E-state index in [0.29, 0.717) is 30.5 Å². The number of aromatic amines is 2. The number of hydrogen-bond acceptors (Lipinski definition) is 10. The van der Waals surface area contributed by atoms with Crippen LogP contribution < -0.4 is 28.1 Å². The molecule has 13 N–H and O–H groups in total. The van der Waals surface area contributed by atoms with Crippen molar-refractivity contribution in [2.45, 2.75) is 84.6 Å². The number of para-hydroxylation sites is 2. The number of rotatable bonds is 9. The van der Waals surface area contributed by atoms with Crippen molar-refractivity contribution in [2.75, 3.05) is 19.7 Å². The van der Waals surface area contributed by atoms with Crippen molar-refractivity contribution in [1.29, 1.82) is 0 Å². The highest BCUT2D eigenvalue weighted by Gasteiger charge is 2.37. The Morgan fingerprint density at radius 2 is 1.07 bits per heavy atom. The van der Waals surface area contributed by atoms with Gasteiger partial charge < -0.3 is 46.4 Å². The van der Waals surface area contributed by atoms with Crippen LogP contribution in [0.15, 0.2) is 85.2 Å². The second-order valence-corrected chi connectivity index (χ2v) is 15.1. The Bertz CT molecular complexity index is 2050. The number of hydrazine groups is 1. The number of carbonyl (C=O) groups is 4. The molecule has 0 saturated heterocycles. The largest absolute Gasteiger partial charge is 0.444 e. The van der Waals surface area contributed by atoms with Crippen LogP contribution in [0.25, 0.3) is 21.8 Å². The maximum Gasteiger partial charge on any atom is 0.407 e. The van der Waals surface area contributed by atoms with E-state index in [1.807, 2.05) is 75.6 Å². The van der Waals surface area contributed by atoms with Crippen molar-refractivity contribution in [3.8, 4) is 0 Å². The van der Waals surface area contributed by atoms with Crippen molar-refractivity contribution < 1.29 is 39.2 Å². The van der Waals surface area contributed by atoms with Gasteiger partial charge in [0.05, 0.1) is 23.7 Å². The highest BCUT2D eigenvalue weighted by Crippen LogP contribution is 2.25. The van der Waals surface area contributed by atoms with Crippen LogP contribution in [0.4, 0.5) is 9.59 Å². The molecule has 0 unspecified atom stereocenters. The number of fused-ring (bicyclic) bond motifs is 3. The minimum absolute atomic E-state index is 0. The van der Waals surface area contributed by atoms with Gasteiger partial charge in [0, 0.05) is 53.4 Å². The van der Waals surface area contributed by atoms with E-state index in [9.17, 15) is 19.2 Å². The number of H-pyrrole nitrogens is 2. The SMILES string of the molecule is CC(C)(C)OC(=O)N[C@@H](Cc1c[nH]c2ccccc12)CN1C(=O)c2ccccc2C1=O.CC(C)(C)OC(=O)N[C@H](CN)Cc1c[nH]c2ccccc12.CCO.NN.O. The third kappa shape index (κ3) is 14.0. The molecule has 2 atom stereocenters. The van der Waals surface area contributed by atoms with Crippen LogP contribution in [0, 0.1) is 0 Å². The second-order valence-electron chi connectivity index (χ2n) is 15.1. The van der Waals surface area contributed by atoms with Gasteiger partial charge in [0.25, 0.3) is 11.8 Å². The molecular formula is C42H60N8O8. The normalized spacial score (nSPS) is 13.0. The summed E-state index contributed by atoms with van der Waals surface area (Å²) in [5.74, 6) is 7.30. The Kier molecular flexibility index (Phi) is 18.5. The van der Waals surface area contributed by atoms with Crippen LogP contribution in [0.1, 0.15) is 80.3 Å². The van der Waals surface area contributed by atoms with Gasteiger partial charge in [0.1, 0.15) is 11.2 Å². The molecule has 4 amide bonds. The van der Waals surface area contributed by atoms with E-state index < -0.39 is 29.4 Å². The van der Waals surface area contributed by atoms with Crippen molar-refractivity contribution in [2.24, 2.45) is 17.4 Å². The molecule has 0 aliphatic carbocycles. The average Bonchev–Trinajstić information content (AvgIpc) is 3.82. The number of aromatic nitrogens is 2. The van der Waals surface area contributed by atoms with Gasteiger partial charge in [-0.2, -0.15) is 0 Å². The molecule has 0 spiro atoms. The maximum absolute atomic E-state index is 12.8. The van der Waals surface area contributed by atoms with Gasteiger partial charge in [-0.25, -0.2) is 9.59 Å². The number of nitrogens with two attached hydrogens (primary N) is 3. The fraction of sp³-hybridized carbons (Fsp3) is 0.381. The summed E-state index contributed by atoms with van der Waals surface area (Å²) < 4.78 is 10.7. The molecular weight excluding hydrogens is 745 g/mol. The lowest BCUT2D eigenvalue weighted by Gasteiger charge is -2.26. The number of imide groups is 1. The van der Waals surface area contributed by atoms with Gasteiger partial charge in [-0.3, -0.25) is 26.2 Å². The summed E-state index contributed by atoms with van der Waals surface area (Å²) in [6.07, 6.45) is 3.92. The zero-order valence-electron chi connectivity index (χ0n) is 34.3. The number of aliphatic hydroxyl groups is 1. The first-order valence-electron chi connectivity index (χ1n) is 18.7. The average molecular weight is 805 g/mol. The van der Waals surface area contributed by atoms with Crippen LogP contribution in [-0.2, 0) is 22.3 Å². The van der Waals surface area contributed by atoms with Crippen LogP contribution in [0.3, 0.4) is 0 Å². The van der Waals surface area contributed by atoms with E-state index in [4.69, 9.17) is 20.3 Å². The number of aliphatic hydroxyl groups excluding tert-OH is 1. The van der Waals surface area contributed by atoms with E-state index in [2.05, 4.69) is 38.4 Å². The predicted octanol–water partition coefficient (Wildman–Crippen LogP) is 4.46. The molecule has 16 nitrogen and oxygen atoms in total. The van der Waals surface area contributed by atoms with E-state index in [0.717, 1.165) is 32.9 Å². The Labute approximate surface area is 339 Å². The third-order valence-corrected chi connectivity index (χ3v) is 8.29. The van der Waals surface area contributed by atoms with E-state index in [1.54, 1.807) is 52.0 Å². The van der Waals surface area contributed by atoms with Crippen LogP contribution >= 0.6 is 0 Å². The highest BCUT2D eigenvalue weighted by atomic mass is 16.6. The number of nitrogens with one attached hydrogen (secondary N) is 4. The van der Waals surface area contributed by atoms with E-state index in [1.165, 1.54) is 4.90 Å². The molecule has 5 aromatic rings. The Morgan fingerprint density at radius 1 is 0.707 bits per heavy atom. The number of alkyl carbamates (subject to hydrolysis) is 2. The van der Waals surface area contributed by atoms with Crippen LogP contribution in [-0.4, -0.2) is 92.4 Å². The summed E-state index contributed by atoms with van der Waals surface area (Å²) in [5, 5.41) is 15.4. The van der Waals surface area contributed by atoms with E-state index in [-0.39, 0.29) is 36.5 Å². The summed E-state index contributed by atoms with van der Waals surface area (Å²) in [4.78, 5) is 57.6. The van der Waals surface area contributed by atoms with Crippen molar-refractivity contribution in [1.82, 2.24) is 25.5 Å². The van der Waals surface area contributed by atoms with Gasteiger partial charge in [0.2, 0.25) is 0 Å². The summed E-state index contributed by atoms with van der Waals surface area (Å²) >= 11 is 0. The number of nitrogens with zero attached hydrogens (tertiary/aromatic N) is 1. The quantitative estimate of drug-likeness (QED) is 0.0589. The minimum Gasteiger partial charge on any atom is -0.444 e. The molecule has 0 saturated carbocycles. The lowest BCUT2D eigenvalue weighted by Crippen LogP contribution is -2.48. The lowest BCUT2D eigenvalue weighted by molar-refractivity contribution is 0.0467. The number of amides is 4. The van der Waals surface area contributed by atoms with Gasteiger partial charge in [0.15, 0.2) is 0 Å². The Hall–Kier alpha value is -5.78. The minimum atomic E-state index is -0.662. The zero-order chi connectivity index (χ0) is 42.3. The molecule has 0 fully saturated rings. The third-order valence-electron chi connectivity index (χ3n) is 8.29. The monoisotopic (exact) mass is 804 g/mol. The summed E-state index contributed by atoms with van der Waals surface area (Å²) in [7, 11) is 0. The first kappa shape index (κ1) is 48.4. The molecule has 6 rings (SSSR count). The molecule has 1 aliphatic rings. The number of carbonyl (C=O) groups excluding carboxylic acids is 4. The molecule has 58 heavy (non-hydrogen) atoms. The second kappa shape index (κ2) is 22.2. The maximum atomic E-state index is 12.8. The molecule has 316 valence electrons. The molecule has 3 aromatic carbocycles. The molecule has 0 radical (unpaired) electrons. The van der Waals surface area contributed by atoms with Gasteiger partial charge in [-0.05, 0) is 96.7 Å². The first-order valence-corrected chi connectivity index (χ1v) is 18.7. The zero-order valence-corrected chi connectivity index (χ0v) is 34.3. The molecule has 16 heteroatoms. The predicted molar refractivity (Wildman–Crippen MR) is 226 cm³/mol. The molecule has 2 aromatic heterocycles. The standard InChI is InChI=1S/C24H25N3O4.C16H23N3O2.C2H6O.H4N2.H2O/c1-24(2,3)31-23(30)26-16(12-15-13-25-20-11-7-6-8-17(15)20)14-27-21(28)18-9-4-5-10-19(18)22(27)29;1-16(2,3)21-15(20)19-12(9-17)8-11-10-18-14-7-5-4-6-13(11)14;1-2-3;1-2;/h4-11,13,16,25H,12,14H2,1-3H3,(H,26,30);4-7,10,12,18H,8-9,17H2,1-3H3,(H,19,20);3H,2H2,1H3;1-2H2;1H2/t16-;12-;;;/m00.../s1. The molecule has 1 aliphatic heterocycles. The van der Waals surface area contributed by atoms with Gasteiger partial charge >= 0.3 is 12.2 Å². The van der Waals surface area contributed by atoms with E-state index >= 15 is 0 Å². The molecule has 0 bridgehead atoms. The summed E-state index contributed by atoms with van der Waals surface area (Å²) in [6.45, 7) is 13.2. The van der Waals surface area contributed by atoms with Gasteiger partial charge in [-0.1, -0.05) is 48.5 Å². The lowest BCUT2D eigenvalue weighted by atomic mass is 10.0. The number of benzene rings is 3. The van der Waals surface area contributed by atoms with Crippen LogP contribution in [0.2, 0.25) is 0 Å². The fourth-order valence-corrected chi connectivity index (χ4v) is 6.06. The fourth-order valence-electron chi connectivity index (χ4n) is 6.06. The van der Waals surface area contributed by atoms with Crippen molar-refractivity contribution in [3.63, 3.8) is 0 Å². The topological polar surface area (TPSA) is 275 Å². The molecule has 3 heterocycles. The highest BCUT2D eigenvalue weighted by molar-refractivity contribution is 6.21. The van der Waals surface area contributed by atoms with Crippen LogP contribution in [0.5, 0.6) is 0 Å². The Morgan fingerprint density at radius 3 is 1.47 bits per heavy atom. The summed E-state index contributed by atoms with van der Waals surface area (Å²) in [6, 6.07) is 22.0. The Balaban J connectivity index is 0.000000375. The number of hydrogen-bond donors (Lipinski definition) is 8. The summed E-state index contributed by atoms with van der Waals surface area (Å²) in [5.41, 5.74) is 9.54. The van der Waals surface area contributed by atoms with Crippen molar-refractivity contribution >= 4 is 45.8 Å². The first-order chi connectivity index (χ1) is 27.0. The van der Waals surface area contributed by atoms with Gasteiger partial charge in [-0.15, -0.1) is 0 Å². The smallest absolute Gasteiger partial charge is 0.407 e. The van der Waals surface area contributed by atoms with Crippen molar-refractivity contribution in [3.05, 3.63) is 107 Å².